The van der Waals surface area contributed by atoms with Crippen LogP contribution >= 0.6 is 0 Å². The Bertz CT molecular complexity index is 524. The van der Waals surface area contributed by atoms with Crippen molar-refractivity contribution in [3.05, 3.63) is 35.9 Å². The van der Waals surface area contributed by atoms with Crippen LogP contribution in [-0.2, 0) is 15.1 Å². The summed E-state index contributed by atoms with van der Waals surface area (Å²) < 4.78 is 5.29. The smallest absolute Gasteiger partial charge is 0.342 e. The minimum Gasteiger partial charge on any atom is -0.463 e. The van der Waals surface area contributed by atoms with Gasteiger partial charge in [0.1, 0.15) is 0 Å². The molecule has 0 aliphatic carbocycles. The molecule has 1 unspecified atom stereocenters. The van der Waals surface area contributed by atoms with E-state index < -0.39 is 11.6 Å². The molecule has 3 heteroatoms. The molecule has 0 bridgehead atoms. The lowest BCUT2D eigenvalue weighted by Crippen LogP contribution is -2.34. The highest BCUT2D eigenvalue weighted by atomic mass is 16.5. The van der Waals surface area contributed by atoms with Gasteiger partial charge in [-0.1, -0.05) is 134 Å². The van der Waals surface area contributed by atoms with E-state index in [1.807, 2.05) is 18.2 Å². The molecule has 0 aliphatic heterocycles. The molecule has 0 fully saturated rings. The van der Waals surface area contributed by atoms with Crippen molar-refractivity contribution in [3.8, 4) is 0 Å². The molecule has 0 radical (unpaired) electrons. The maximum Gasteiger partial charge on any atom is 0.342 e. The molecule has 1 rings (SSSR count). The van der Waals surface area contributed by atoms with E-state index in [1.54, 1.807) is 12.1 Å². The molecular weight excluding hydrogens is 372 g/mol. The Labute approximate surface area is 185 Å². The van der Waals surface area contributed by atoms with Crippen LogP contribution in [0.3, 0.4) is 0 Å². The molecule has 0 spiro atoms. The maximum absolute atomic E-state index is 12.2. The van der Waals surface area contributed by atoms with Crippen molar-refractivity contribution in [1.82, 2.24) is 0 Å². The van der Waals surface area contributed by atoms with Gasteiger partial charge in [0.25, 0.3) is 0 Å². The molecule has 0 heterocycles. The Morgan fingerprint density at radius 2 is 1.13 bits per heavy atom. The molecule has 1 N–H and O–H groups in total. The molecule has 1 aromatic rings. The lowest BCUT2D eigenvalue weighted by atomic mass is 9.96. The second-order valence-electron chi connectivity index (χ2n) is 8.88. The van der Waals surface area contributed by atoms with Crippen LogP contribution in [0.15, 0.2) is 30.3 Å². The quantitative estimate of drug-likeness (QED) is 0.185. The van der Waals surface area contributed by atoms with E-state index in [1.165, 1.54) is 96.8 Å². The number of carbonyl (C=O) groups is 1. The number of esters is 1. The molecular formula is C27H46O3. The molecule has 3 nitrogen and oxygen atoms in total. The van der Waals surface area contributed by atoms with E-state index in [0.29, 0.717) is 12.2 Å². The summed E-state index contributed by atoms with van der Waals surface area (Å²) in [6.45, 7) is 4.16. The van der Waals surface area contributed by atoms with E-state index in [2.05, 4.69) is 6.92 Å². The minimum absolute atomic E-state index is 0.389. The maximum atomic E-state index is 12.2. The van der Waals surface area contributed by atoms with Gasteiger partial charge >= 0.3 is 5.97 Å². The number of hydrogen-bond donors (Lipinski definition) is 1. The summed E-state index contributed by atoms with van der Waals surface area (Å²) in [5.74, 6) is -0.561. The topological polar surface area (TPSA) is 46.5 Å². The number of ether oxygens (including phenoxy) is 1. The van der Waals surface area contributed by atoms with Crippen LogP contribution in [0, 0.1) is 0 Å². The van der Waals surface area contributed by atoms with Crippen LogP contribution in [-0.4, -0.2) is 17.7 Å². The van der Waals surface area contributed by atoms with Gasteiger partial charge in [0.15, 0.2) is 5.60 Å². The lowest BCUT2D eigenvalue weighted by molar-refractivity contribution is -0.164. The molecule has 0 amide bonds. The van der Waals surface area contributed by atoms with Crippen LogP contribution in [0.1, 0.15) is 122 Å². The van der Waals surface area contributed by atoms with Crippen molar-refractivity contribution in [2.24, 2.45) is 0 Å². The average molecular weight is 419 g/mol. The SMILES string of the molecule is CCCCCCCCCCCCCCCCCCOC(=O)C(C)(O)c1ccccc1. The fourth-order valence-electron chi connectivity index (χ4n) is 3.84. The van der Waals surface area contributed by atoms with Gasteiger partial charge in [-0.3, -0.25) is 0 Å². The molecule has 0 saturated heterocycles. The lowest BCUT2D eigenvalue weighted by Gasteiger charge is -2.21. The molecule has 0 saturated carbocycles. The van der Waals surface area contributed by atoms with Gasteiger partial charge in [-0.05, 0) is 18.9 Å². The average Bonchev–Trinajstić information content (AvgIpc) is 2.76. The molecule has 1 aromatic carbocycles. The molecule has 0 aromatic heterocycles. The number of unbranched alkanes of at least 4 members (excludes halogenated alkanes) is 15. The zero-order valence-corrected chi connectivity index (χ0v) is 19.7. The first kappa shape index (κ1) is 26.7. The number of rotatable bonds is 19. The fourth-order valence-corrected chi connectivity index (χ4v) is 3.84. The van der Waals surface area contributed by atoms with Crippen molar-refractivity contribution < 1.29 is 14.6 Å². The van der Waals surface area contributed by atoms with Crippen molar-refractivity contribution in [2.45, 2.75) is 122 Å². The van der Waals surface area contributed by atoms with E-state index in [0.717, 1.165) is 12.8 Å². The Morgan fingerprint density at radius 1 is 0.733 bits per heavy atom. The normalized spacial score (nSPS) is 13.2. The van der Waals surface area contributed by atoms with E-state index in [4.69, 9.17) is 4.74 Å². The Hall–Kier alpha value is -1.35. The first-order valence-corrected chi connectivity index (χ1v) is 12.5. The van der Waals surface area contributed by atoms with Crippen LogP contribution in [0.5, 0.6) is 0 Å². The van der Waals surface area contributed by atoms with Crippen molar-refractivity contribution in [3.63, 3.8) is 0 Å². The Balaban J connectivity index is 1.87. The summed E-state index contributed by atoms with van der Waals surface area (Å²) in [4.78, 5) is 12.2. The third-order valence-corrected chi connectivity index (χ3v) is 5.96. The summed E-state index contributed by atoms with van der Waals surface area (Å²) in [6, 6.07) is 8.98. The number of carbonyl (C=O) groups excluding carboxylic acids is 1. The highest BCUT2D eigenvalue weighted by molar-refractivity contribution is 5.80. The summed E-state index contributed by atoms with van der Waals surface area (Å²) in [7, 11) is 0. The highest BCUT2D eigenvalue weighted by Crippen LogP contribution is 2.22. The number of benzene rings is 1. The van der Waals surface area contributed by atoms with E-state index >= 15 is 0 Å². The standard InChI is InChI=1S/C27H46O3/c1-3-4-5-6-7-8-9-10-11-12-13-14-15-16-17-21-24-30-26(28)27(2,29)25-22-19-18-20-23-25/h18-20,22-23,29H,3-17,21,24H2,1-2H3. The van der Waals surface area contributed by atoms with Gasteiger partial charge in [0.2, 0.25) is 0 Å². The van der Waals surface area contributed by atoms with Crippen molar-refractivity contribution >= 4 is 5.97 Å². The van der Waals surface area contributed by atoms with Crippen molar-refractivity contribution in [2.75, 3.05) is 6.61 Å². The summed E-state index contributed by atoms with van der Waals surface area (Å²) in [5.41, 5.74) is -1.00. The molecule has 30 heavy (non-hydrogen) atoms. The first-order valence-electron chi connectivity index (χ1n) is 12.5. The first-order chi connectivity index (χ1) is 14.6. The predicted octanol–water partition coefficient (Wildman–Crippen LogP) is 7.70. The van der Waals surface area contributed by atoms with Crippen LogP contribution in [0.25, 0.3) is 0 Å². The Morgan fingerprint density at radius 3 is 1.57 bits per heavy atom. The number of aliphatic hydroxyl groups is 1. The van der Waals surface area contributed by atoms with Gasteiger partial charge in [-0.2, -0.15) is 0 Å². The monoisotopic (exact) mass is 418 g/mol. The minimum atomic E-state index is -1.57. The summed E-state index contributed by atoms with van der Waals surface area (Å²) in [5, 5.41) is 10.4. The largest absolute Gasteiger partial charge is 0.463 e. The van der Waals surface area contributed by atoms with Crippen LogP contribution < -0.4 is 0 Å². The van der Waals surface area contributed by atoms with Crippen LogP contribution in [0.2, 0.25) is 0 Å². The predicted molar refractivity (Wildman–Crippen MR) is 127 cm³/mol. The number of hydrogen-bond acceptors (Lipinski definition) is 3. The van der Waals surface area contributed by atoms with Crippen molar-refractivity contribution in [1.29, 1.82) is 0 Å². The van der Waals surface area contributed by atoms with Gasteiger partial charge in [-0.25, -0.2) is 4.79 Å². The van der Waals surface area contributed by atoms with Crippen LogP contribution in [0.4, 0.5) is 0 Å². The summed E-state index contributed by atoms with van der Waals surface area (Å²) in [6.07, 6.45) is 21.1. The molecule has 172 valence electrons. The van der Waals surface area contributed by atoms with Gasteiger partial charge < -0.3 is 9.84 Å². The fraction of sp³-hybridized carbons (Fsp3) is 0.741. The zero-order chi connectivity index (χ0) is 21.9. The summed E-state index contributed by atoms with van der Waals surface area (Å²) >= 11 is 0. The van der Waals surface area contributed by atoms with E-state index in [9.17, 15) is 9.90 Å². The zero-order valence-electron chi connectivity index (χ0n) is 19.7. The molecule has 1 atom stereocenters. The van der Waals surface area contributed by atoms with Gasteiger partial charge in [0.05, 0.1) is 6.61 Å². The highest BCUT2D eigenvalue weighted by Gasteiger charge is 2.33. The van der Waals surface area contributed by atoms with E-state index in [-0.39, 0.29) is 0 Å². The van der Waals surface area contributed by atoms with Gasteiger partial charge in [0, 0.05) is 0 Å². The second kappa shape index (κ2) is 17.3. The second-order valence-corrected chi connectivity index (χ2v) is 8.88. The Kier molecular flexibility index (Phi) is 15.4. The van der Waals surface area contributed by atoms with Gasteiger partial charge in [-0.15, -0.1) is 0 Å². The third-order valence-electron chi connectivity index (χ3n) is 5.96. The third kappa shape index (κ3) is 12.4. The molecule has 0 aliphatic rings.